The van der Waals surface area contributed by atoms with Gasteiger partial charge in [0.25, 0.3) is 0 Å². The third-order valence-electron chi connectivity index (χ3n) is 2.65. The fourth-order valence-electron chi connectivity index (χ4n) is 1.55. The summed E-state index contributed by atoms with van der Waals surface area (Å²) in [5.41, 5.74) is 0. The highest BCUT2D eigenvalue weighted by Gasteiger charge is 1.98. The van der Waals surface area contributed by atoms with Gasteiger partial charge in [-0.3, -0.25) is 4.79 Å². The normalized spacial score (nSPS) is 10.3. The molecule has 18 heavy (non-hydrogen) atoms. The summed E-state index contributed by atoms with van der Waals surface area (Å²) in [6.45, 7) is 7.99. The lowest BCUT2D eigenvalue weighted by Gasteiger charge is -2.04. The summed E-state index contributed by atoms with van der Waals surface area (Å²) in [4.78, 5) is 11.0. The molecule has 0 atom stereocenters. The summed E-state index contributed by atoms with van der Waals surface area (Å²) in [6, 6.07) is 0. The number of carbonyl (C=O) groups excluding carboxylic acids is 1. The number of ether oxygens (including phenoxy) is 2. The van der Waals surface area contributed by atoms with Gasteiger partial charge in [-0.25, -0.2) is 0 Å². The molecule has 0 heterocycles. The Morgan fingerprint density at radius 1 is 1.00 bits per heavy atom. The van der Waals surface area contributed by atoms with Crippen molar-refractivity contribution in [1.29, 1.82) is 0 Å². The Labute approximate surface area is 112 Å². The summed E-state index contributed by atoms with van der Waals surface area (Å²) in [7, 11) is 0. The molecule has 0 aliphatic heterocycles. The summed E-state index contributed by atoms with van der Waals surface area (Å²) >= 11 is 0. The van der Waals surface area contributed by atoms with E-state index in [1.807, 2.05) is 0 Å². The molecule has 0 radical (unpaired) electrons. The molecular weight excluding hydrogens is 228 g/mol. The summed E-state index contributed by atoms with van der Waals surface area (Å²) in [5, 5.41) is 0. The molecule has 0 aromatic carbocycles. The first-order chi connectivity index (χ1) is 8.81. The van der Waals surface area contributed by atoms with Crippen molar-refractivity contribution in [3.8, 4) is 0 Å². The molecule has 0 amide bonds. The third kappa shape index (κ3) is 13.2. The molecule has 0 aliphatic carbocycles. The third-order valence-corrected chi connectivity index (χ3v) is 2.65. The van der Waals surface area contributed by atoms with Crippen molar-refractivity contribution >= 4 is 5.97 Å². The Kier molecular flexibility index (Phi) is 13.6. The predicted octanol–water partition coefficient (Wildman–Crippen LogP) is 3.87. The molecule has 106 valence electrons. The van der Waals surface area contributed by atoms with E-state index < -0.39 is 0 Å². The fraction of sp³-hybridized carbons (Fsp3) is 0.800. The molecule has 0 fully saturated rings. The van der Waals surface area contributed by atoms with Gasteiger partial charge in [0.05, 0.1) is 13.0 Å². The van der Waals surface area contributed by atoms with Crippen molar-refractivity contribution in [3.05, 3.63) is 12.7 Å². The van der Waals surface area contributed by atoms with E-state index in [0.29, 0.717) is 13.0 Å². The molecule has 0 saturated carbocycles. The predicted molar refractivity (Wildman–Crippen MR) is 74.6 cm³/mol. The first kappa shape index (κ1) is 17.2. The van der Waals surface area contributed by atoms with Crippen LogP contribution < -0.4 is 0 Å². The Morgan fingerprint density at radius 2 is 1.61 bits per heavy atom. The van der Waals surface area contributed by atoms with Gasteiger partial charge in [0.2, 0.25) is 0 Å². The smallest absolute Gasteiger partial charge is 0.309 e. The minimum atomic E-state index is -0.172. The van der Waals surface area contributed by atoms with Crippen LogP contribution in [0.4, 0.5) is 0 Å². The Hall–Kier alpha value is -0.830. The molecular formula is C15H28O3. The van der Waals surface area contributed by atoms with Crippen molar-refractivity contribution in [2.45, 2.75) is 58.3 Å². The highest BCUT2D eigenvalue weighted by Crippen LogP contribution is 2.04. The second-order valence-electron chi connectivity index (χ2n) is 4.45. The number of esters is 1. The lowest BCUT2D eigenvalue weighted by Crippen LogP contribution is -2.04. The topological polar surface area (TPSA) is 35.5 Å². The summed E-state index contributed by atoms with van der Waals surface area (Å²) in [6.07, 6.45) is 9.86. The van der Waals surface area contributed by atoms with E-state index >= 15 is 0 Å². The van der Waals surface area contributed by atoms with Crippen molar-refractivity contribution in [3.63, 3.8) is 0 Å². The van der Waals surface area contributed by atoms with Crippen molar-refractivity contribution in [1.82, 2.24) is 0 Å². The van der Waals surface area contributed by atoms with Gasteiger partial charge in [-0.15, -0.1) is 6.58 Å². The molecule has 0 aromatic heterocycles. The second kappa shape index (κ2) is 14.2. The summed E-state index contributed by atoms with van der Waals surface area (Å²) < 4.78 is 10.5. The van der Waals surface area contributed by atoms with E-state index in [4.69, 9.17) is 9.47 Å². The Morgan fingerprint density at radius 3 is 2.28 bits per heavy atom. The second-order valence-corrected chi connectivity index (χ2v) is 4.45. The quantitative estimate of drug-likeness (QED) is 0.285. The lowest BCUT2D eigenvalue weighted by molar-refractivity contribution is -0.142. The number of carbonyl (C=O) groups is 1. The zero-order valence-corrected chi connectivity index (χ0v) is 11.8. The van der Waals surface area contributed by atoms with Crippen LogP contribution in [-0.4, -0.2) is 25.8 Å². The zero-order chi connectivity index (χ0) is 13.5. The minimum absolute atomic E-state index is 0.172. The van der Waals surface area contributed by atoms with Crippen molar-refractivity contribution in [2.75, 3.05) is 19.8 Å². The maximum Gasteiger partial charge on any atom is 0.309 e. The zero-order valence-electron chi connectivity index (χ0n) is 11.8. The molecule has 3 heteroatoms. The van der Waals surface area contributed by atoms with Crippen LogP contribution in [0.5, 0.6) is 0 Å². The molecule has 0 unspecified atom stereocenters. The SMILES string of the molecule is C=CCC(=O)OCCCCCCCOCCCC. The highest BCUT2D eigenvalue weighted by atomic mass is 16.5. The summed E-state index contributed by atoms with van der Waals surface area (Å²) in [5.74, 6) is -0.172. The number of hydrogen-bond donors (Lipinski definition) is 0. The Bertz CT molecular complexity index is 202. The molecule has 0 bridgehead atoms. The van der Waals surface area contributed by atoms with Crippen LogP contribution in [0.1, 0.15) is 58.3 Å². The Balaban J connectivity index is 3.03. The largest absolute Gasteiger partial charge is 0.465 e. The molecule has 0 aliphatic rings. The van der Waals surface area contributed by atoms with E-state index in [-0.39, 0.29) is 5.97 Å². The van der Waals surface area contributed by atoms with Gasteiger partial charge in [0.1, 0.15) is 0 Å². The number of unbranched alkanes of at least 4 members (excludes halogenated alkanes) is 5. The molecule has 0 spiro atoms. The van der Waals surface area contributed by atoms with E-state index in [1.165, 1.54) is 19.3 Å². The maximum atomic E-state index is 11.0. The van der Waals surface area contributed by atoms with Crippen LogP contribution in [0.25, 0.3) is 0 Å². The molecule has 0 rings (SSSR count). The van der Waals surface area contributed by atoms with Crippen LogP contribution in [-0.2, 0) is 14.3 Å². The number of hydrogen-bond acceptors (Lipinski definition) is 3. The van der Waals surface area contributed by atoms with Gasteiger partial charge < -0.3 is 9.47 Å². The average Bonchev–Trinajstić information content (AvgIpc) is 2.36. The van der Waals surface area contributed by atoms with Gasteiger partial charge >= 0.3 is 5.97 Å². The lowest BCUT2D eigenvalue weighted by atomic mass is 10.1. The van der Waals surface area contributed by atoms with E-state index in [9.17, 15) is 4.79 Å². The fourth-order valence-corrected chi connectivity index (χ4v) is 1.55. The van der Waals surface area contributed by atoms with E-state index in [2.05, 4.69) is 13.5 Å². The van der Waals surface area contributed by atoms with Gasteiger partial charge in [0, 0.05) is 13.2 Å². The first-order valence-electron chi connectivity index (χ1n) is 7.15. The van der Waals surface area contributed by atoms with Crippen molar-refractivity contribution < 1.29 is 14.3 Å². The molecule has 3 nitrogen and oxygen atoms in total. The monoisotopic (exact) mass is 256 g/mol. The van der Waals surface area contributed by atoms with Gasteiger partial charge in [0.15, 0.2) is 0 Å². The van der Waals surface area contributed by atoms with Crippen LogP contribution in [0.15, 0.2) is 12.7 Å². The molecule has 0 aromatic rings. The first-order valence-corrected chi connectivity index (χ1v) is 7.15. The van der Waals surface area contributed by atoms with Crippen LogP contribution in [0.2, 0.25) is 0 Å². The standard InChI is InChI=1S/C15H28O3/c1-3-5-12-17-13-9-7-6-8-10-14-18-15(16)11-4-2/h4H,2-3,5-14H2,1H3. The van der Waals surface area contributed by atoms with Crippen molar-refractivity contribution in [2.24, 2.45) is 0 Å². The van der Waals surface area contributed by atoms with Gasteiger partial charge in [-0.05, 0) is 19.3 Å². The molecule has 0 N–H and O–H groups in total. The number of rotatable bonds is 13. The van der Waals surface area contributed by atoms with Gasteiger partial charge in [-0.2, -0.15) is 0 Å². The highest BCUT2D eigenvalue weighted by molar-refractivity contribution is 5.70. The average molecular weight is 256 g/mol. The van der Waals surface area contributed by atoms with Crippen LogP contribution in [0.3, 0.4) is 0 Å². The molecule has 0 saturated heterocycles. The van der Waals surface area contributed by atoms with E-state index in [0.717, 1.165) is 38.9 Å². The minimum Gasteiger partial charge on any atom is -0.465 e. The van der Waals surface area contributed by atoms with Gasteiger partial charge in [-0.1, -0.05) is 38.7 Å². The van der Waals surface area contributed by atoms with Crippen LogP contribution >= 0.6 is 0 Å². The van der Waals surface area contributed by atoms with E-state index in [1.54, 1.807) is 6.08 Å². The van der Waals surface area contributed by atoms with Crippen LogP contribution in [0, 0.1) is 0 Å². The maximum absolute atomic E-state index is 11.0.